The number of benzene rings is 1. The first-order valence-electron chi connectivity index (χ1n) is 5.86. The van der Waals surface area contributed by atoms with Crippen LogP contribution in [0.3, 0.4) is 0 Å². The second-order valence-corrected chi connectivity index (χ2v) is 5.11. The molecule has 3 nitrogen and oxygen atoms in total. The zero-order valence-electron chi connectivity index (χ0n) is 10.7. The van der Waals surface area contributed by atoms with Gasteiger partial charge in [0.25, 0.3) is 0 Å². The number of nitrogens with zero attached hydrogens (tertiary/aromatic N) is 2. The number of hydrogen-bond acceptors (Lipinski definition) is 3. The van der Waals surface area contributed by atoms with Gasteiger partial charge >= 0.3 is 0 Å². The fourth-order valence-corrected chi connectivity index (χ4v) is 2.43. The van der Waals surface area contributed by atoms with Crippen molar-refractivity contribution in [2.75, 3.05) is 7.11 Å². The molecule has 1 heterocycles. The summed E-state index contributed by atoms with van der Waals surface area (Å²) >= 11 is 12.6. The molecule has 1 atom stereocenters. The monoisotopic (exact) mass is 296 g/mol. The van der Waals surface area contributed by atoms with E-state index in [-0.39, 0.29) is 5.38 Å². The lowest BCUT2D eigenvalue weighted by Gasteiger charge is -2.13. The van der Waals surface area contributed by atoms with Crippen molar-refractivity contribution >= 4 is 23.2 Å². The molecule has 0 fully saturated rings. The Morgan fingerprint density at radius 2 is 2.11 bits per heavy atom. The summed E-state index contributed by atoms with van der Waals surface area (Å²) < 4.78 is 5.07. The first-order chi connectivity index (χ1) is 9.11. The van der Waals surface area contributed by atoms with Gasteiger partial charge in [-0.15, -0.1) is 11.6 Å². The normalized spacial score (nSPS) is 12.2. The number of aromatic nitrogens is 2. The largest absolute Gasteiger partial charge is 0.481 e. The van der Waals surface area contributed by atoms with Crippen LogP contribution in [0.1, 0.15) is 22.2 Å². The Labute approximate surface area is 122 Å². The highest BCUT2D eigenvalue weighted by atomic mass is 35.5. The highest BCUT2D eigenvalue weighted by molar-refractivity contribution is 6.31. The predicted molar refractivity (Wildman–Crippen MR) is 77.1 cm³/mol. The fraction of sp³-hybridized carbons (Fsp3) is 0.286. The molecule has 0 aliphatic rings. The van der Waals surface area contributed by atoms with Crippen LogP contribution in [-0.4, -0.2) is 17.1 Å². The molecule has 19 heavy (non-hydrogen) atoms. The van der Waals surface area contributed by atoms with E-state index in [0.29, 0.717) is 12.3 Å². The van der Waals surface area contributed by atoms with Gasteiger partial charge in [-0.2, -0.15) is 0 Å². The first kappa shape index (κ1) is 14.1. The number of hydrogen-bond donors (Lipinski definition) is 0. The van der Waals surface area contributed by atoms with Crippen LogP contribution in [0.25, 0.3) is 0 Å². The van der Waals surface area contributed by atoms with Gasteiger partial charge in [0.2, 0.25) is 5.88 Å². The molecule has 1 unspecified atom stereocenters. The molecular formula is C14H14Cl2N2O. The third-order valence-corrected chi connectivity index (χ3v) is 3.74. The summed E-state index contributed by atoms with van der Waals surface area (Å²) in [5, 5.41) is 0.543. The molecule has 2 rings (SSSR count). The summed E-state index contributed by atoms with van der Waals surface area (Å²) in [5.41, 5.74) is 2.86. The van der Waals surface area contributed by atoms with Gasteiger partial charge in [-0.25, -0.2) is 9.97 Å². The van der Waals surface area contributed by atoms with E-state index in [1.807, 2.05) is 25.1 Å². The lowest BCUT2D eigenvalue weighted by atomic mass is 10.0. The molecule has 0 saturated carbocycles. The van der Waals surface area contributed by atoms with E-state index in [1.165, 1.54) is 6.33 Å². The Balaban J connectivity index is 2.20. The predicted octanol–water partition coefficient (Wildman–Crippen LogP) is 3.97. The molecule has 1 aromatic carbocycles. The molecule has 0 saturated heterocycles. The van der Waals surface area contributed by atoms with Gasteiger partial charge in [-0.05, 0) is 24.1 Å². The van der Waals surface area contributed by atoms with Gasteiger partial charge < -0.3 is 4.74 Å². The summed E-state index contributed by atoms with van der Waals surface area (Å²) in [6, 6.07) is 7.53. The molecule has 0 bridgehead atoms. The third-order valence-electron chi connectivity index (χ3n) is 2.94. The van der Waals surface area contributed by atoms with E-state index >= 15 is 0 Å². The Kier molecular flexibility index (Phi) is 4.61. The van der Waals surface area contributed by atoms with E-state index in [9.17, 15) is 0 Å². The standard InChI is InChI=1S/C14H14Cl2N2O/c1-9-11(4-3-5-12(9)15)13(16)6-10-7-14(19-2)18-8-17-10/h3-5,7-8,13H,6H2,1-2H3. The van der Waals surface area contributed by atoms with Crippen molar-refractivity contribution in [2.24, 2.45) is 0 Å². The number of alkyl halides is 1. The van der Waals surface area contributed by atoms with Gasteiger partial charge in [-0.1, -0.05) is 23.7 Å². The smallest absolute Gasteiger partial charge is 0.216 e. The summed E-state index contributed by atoms with van der Waals surface area (Å²) in [4.78, 5) is 8.17. The third kappa shape index (κ3) is 3.37. The molecule has 5 heteroatoms. The van der Waals surface area contributed by atoms with Crippen LogP contribution in [-0.2, 0) is 6.42 Å². The second-order valence-electron chi connectivity index (χ2n) is 4.18. The Bertz CT molecular complexity index is 575. The van der Waals surface area contributed by atoms with Crippen molar-refractivity contribution in [2.45, 2.75) is 18.7 Å². The van der Waals surface area contributed by atoms with Crippen LogP contribution in [0.4, 0.5) is 0 Å². The highest BCUT2D eigenvalue weighted by Crippen LogP contribution is 2.30. The Hall–Kier alpha value is -1.32. The summed E-state index contributed by atoms with van der Waals surface area (Å²) in [7, 11) is 1.57. The van der Waals surface area contributed by atoms with Crippen molar-refractivity contribution < 1.29 is 4.74 Å². The van der Waals surface area contributed by atoms with Crippen LogP contribution in [0.15, 0.2) is 30.6 Å². The van der Waals surface area contributed by atoms with Crippen LogP contribution >= 0.6 is 23.2 Å². The van der Waals surface area contributed by atoms with Crippen molar-refractivity contribution in [1.82, 2.24) is 9.97 Å². The van der Waals surface area contributed by atoms with Crippen LogP contribution in [0, 0.1) is 6.92 Å². The zero-order chi connectivity index (χ0) is 13.8. The van der Waals surface area contributed by atoms with E-state index in [0.717, 1.165) is 21.8 Å². The summed E-state index contributed by atoms with van der Waals surface area (Å²) in [6.45, 7) is 1.97. The minimum absolute atomic E-state index is 0.182. The quantitative estimate of drug-likeness (QED) is 0.801. The van der Waals surface area contributed by atoms with E-state index in [2.05, 4.69) is 9.97 Å². The maximum absolute atomic E-state index is 6.45. The molecule has 0 spiro atoms. The second kappa shape index (κ2) is 6.22. The Morgan fingerprint density at radius 1 is 1.32 bits per heavy atom. The van der Waals surface area contributed by atoms with E-state index in [1.54, 1.807) is 13.2 Å². The van der Waals surface area contributed by atoms with Crippen molar-refractivity contribution in [3.8, 4) is 5.88 Å². The average Bonchev–Trinajstić information content (AvgIpc) is 2.42. The highest BCUT2D eigenvalue weighted by Gasteiger charge is 2.14. The van der Waals surface area contributed by atoms with Gasteiger partial charge in [0, 0.05) is 23.2 Å². The lowest BCUT2D eigenvalue weighted by Crippen LogP contribution is -2.01. The van der Waals surface area contributed by atoms with Crippen molar-refractivity contribution in [3.63, 3.8) is 0 Å². The molecule has 0 amide bonds. The number of rotatable bonds is 4. The van der Waals surface area contributed by atoms with Gasteiger partial charge in [0.15, 0.2) is 0 Å². The maximum atomic E-state index is 6.45. The van der Waals surface area contributed by atoms with Crippen LogP contribution in [0.5, 0.6) is 5.88 Å². The van der Waals surface area contributed by atoms with Crippen molar-refractivity contribution in [3.05, 3.63) is 52.4 Å². The van der Waals surface area contributed by atoms with Gasteiger partial charge in [-0.3, -0.25) is 0 Å². The summed E-state index contributed by atoms with van der Waals surface area (Å²) in [5.74, 6) is 0.539. The molecule has 0 aliphatic carbocycles. The van der Waals surface area contributed by atoms with E-state index in [4.69, 9.17) is 27.9 Å². The Morgan fingerprint density at radius 3 is 2.84 bits per heavy atom. The summed E-state index contributed by atoms with van der Waals surface area (Å²) in [6.07, 6.45) is 2.07. The topological polar surface area (TPSA) is 35.0 Å². The number of methoxy groups -OCH3 is 1. The van der Waals surface area contributed by atoms with Crippen molar-refractivity contribution in [1.29, 1.82) is 0 Å². The van der Waals surface area contributed by atoms with E-state index < -0.39 is 0 Å². The number of ether oxygens (including phenoxy) is 1. The molecule has 0 N–H and O–H groups in total. The molecular weight excluding hydrogens is 283 g/mol. The lowest BCUT2D eigenvalue weighted by molar-refractivity contribution is 0.396. The molecule has 0 aliphatic heterocycles. The minimum Gasteiger partial charge on any atom is -0.481 e. The molecule has 1 aromatic heterocycles. The minimum atomic E-state index is -0.182. The van der Waals surface area contributed by atoms with Gasteiger partial charge in [0.05, 0.1) is 12.5 Å². The van der Waals surface area contributed by atoms with Crippen LogP contribution < -0.4 is 4.74 Å². The average molecular weight is 297 g/mol. The SMILES string of the molecule is COc1cc(CC(Cl)c2cccc(Cl)c2C)ncn1. The maximum Gasteiger partial charge on any atom is 0.216 e. The fourth-order valence-electron chi connectivity index (χ4n) is 1.86. The van der Waals surface area contributed by atoms with Crippen LogP contribution in [0.2, 0.25) is 5.02 Å². The first-order valence-corrected chi connectivity index (χ1v) is 6.67. The molecule has 2 aromatic rings. The van der Waals surface area contributed by atoms with Gasteiger partial charge in [0.1, 0.15) is 6.33 Å². The molecule has 100 valence electrons. The zero-order valence-corrected chi connectivity index (χ0v) is 12.2. The molecule has 0 radical (unpaired) electrons. The number of halogens is 2.